The molecule has 2 rings (SSSR count). The van der Waals surface area contributed by atoms with Crippen molar-refractivity contribution in [2.24, 2.45) is 0 Å². The standard InChI is InChI=1S/C12H17F3N2O2S2/c1-2-4-17(9-3-5-21(18,19)8-9)6-11-16-10(7-20-11)12(13,14)15/h7,9H,2-6,8H2,1H3. The highest BCUT2D eigenvalue weighted by molar-refractivity contribution is 7.91. The van der Waals surface area contributed by atoms with E-state index in [1.54, 1.807) is 0 Å². The third-order valence-corrected chi connectivity index (χ3v) is 6.00. The van der Waals surface area contributed by atoms with Crippen LogP contribution in [-0.2, 0) is 22.6 Å². The summed E-state index contributed by atoms with van der Waals surface area (Å²) in [5.41, 5.74) is -0.877. The zero-order chi connectivity index (χ0) is 15.7. The Morgan fingerprint density at radius 2 is 2.19 bits per heavy atom. The van der Waals surface area contributed by atoms with Crippen LogP contribution in [0.1, 0.15) is 30.5 Å². The van der Waals surface area contributed by atoms with Crippen LogP contribution in [0.25, 0.3) is 0 Å². The molecular formula is C12H17F3N2O2S2. The normalized spacial score (nSPS) is 22.0. The summed E-state index contributed by atoms with van der Waals surface area (Å²) >= 11 is 0.967. The van der Waals surface area contributed by atoms with Gasteiger partial charge in [0.05, 0.1) is 18.1 Å². The molecule has 0 radical (unpaired) electrons. The molecule has 0 aromatic carbocycles. The van der Waals surface area contributed by atoms with Crippen molar-refractivity contribution in [2.75, 3.05) is 18.1 Å². The maximum Gasteiger partial charge on any atom is 0.434 e. The first-order valence-electron chi connectivity index (χ1n) is 6.67. The smallest absolute Gasteiger partial charge is 0.293 e. The van der Waals surface area contributed by atoms with E-state index in [1.807, 2.05) is 11.8 Å². The molecule has 9 heteroatoms. The number of nitrogens with zero attached hydrogens (tertiary/aromatic N) is 2. The van der Waals surface area contributed by atoms with E-state index in [0.29, 0.717) is 18.0 Å². The van der Waals surface area contributed by atoms with Crippen LogP contribution in [0.15, 0.2) is 5.38 Å². The monoisotopic (exact) mass is 342 g/mol. The Morgan fingerprint density at radius 3 is 2.67 bits per heavy atom. The summed E-state index contributed by atoms with van der Waals surface area (Å²) < 4.78 is 60.7. The third kappa shape index (κ3) is 4.40. The van der Waals surface area contributed by atoms with Crippen LogP contribution in [0.2, 0.25) is 0 Å². The summed E-state index contributed by atoms with van der Waals surface area (Å²) in [6, 6.07) is -0.117. The molecule has 1 atom stereocenters. The predicted molar refractivity (Wildman–Crippen MR) is 74.9 cm³/mol. The molecule has 1 saturated heterocycles. The first-order valence-corrected chi connectivity index (χ1v) is 9.37. The van der Waals surface area contributed by atoms with E-state index in [1.165, 1.54) is 0 Å². The van der Waals surface area contributed by atoms with Crippen molar-refractivity contribution < 1.29 is 21.6 Å². The molecule has 0 spiro atoms. The van der Waals surface area contributed by atoms with Gasteiger partial charge in [0.2, 0.25) is 0 Å². The Balaban J connectivity index is 2.08. The molecule has 120 valence electrons. The Hall–Kier alpha value is -0.670. The number of thiazole rings is 1. The first-order chi connectivity index (χ1) is 9.71. The Morgan fingerprint density at radius 1 is 1.48 bits per heavy atom. The third-order valence-electron chi connectivity index (χ3n) is 3.42. The van der Waals surface area contributed by atoms with Gasteiger partial charge in [0.25, 0.3) is 0 Å². The van der Waals surface area contributed by atoms with Crippen molar-refractivity contribution in [1.29, 1.82) is 0 Å². The molecule has 21 heavy (non-hydrogen) atoms. The molecular weight excluding hydrogens is 325 g/mol. The van der Waals surface area contributed by atoms with E-state index >= 15 is 0 Å². The van der Waals surface area contributed by atoms with Gasteiger partial charge in [-0.05, 0) is 19.4 Å². The summed E-state index contributed by atoms with van der Waals surface area (Å²) in [6.45, 7) is 2.88. The topological polar surface area (TPSA) is 50.3 Å². The highest BCUT2D eigenvalue weighted by Gasteiger charge is 2.35. The fraction of sp³-hybridized carbons (Fsp3) is 0.750. The molecule has 0 aliphatic carbocycles. The molecule has 0 amide bonds. The maximum atomic E-state index is 12.5. The van der Waals surface area contributed by atoms with E-state index in [-0.39, 0.29) is 24.1 Å². The number of hydrogen-bond donors (Lipinski definition) is 0. The Bertz CT molecular complexity index is 584. The van der Waals surface area contributed by atoms with Crippen molar-refractivity contribution >= 4 is 21.2 Å². The molecule has 1 aromatic rings. The van der Waals surface area contributed by atoms with E-state index in [4.69, 9.17) is 0 Å². The molecule has 1 aromatic heterocycles. The number of alkyl halides is 3. The maximum absolute atomic E-state index is 12.5. The fourth-order valence-corrected chi connectivity index (χ4v) is 5.02. The number of sulfone groups is 1. The van der Waals surface area contributed by atoms with Crippen LogP contribution in [0.5, 0.6) is 0 Å². The van der Waals surface area contributed by atoms with Crippen molar-refractivity contribution in [1.82, 2.24) is 9.88 Å². The van der Waals surface area contributed by atoms with Crippen molar-refractivity contribution in [3.05, 3.63) is 16.1 Å². The van der Waals surface area contributed by atoms with Gasteiger partial charge in [0.1, 0.15) is 5.01 Å². The van der Waals surface area contributed by atoms with Gasteiger partial charge < -0.3 is 0 Å². The second kappa shape index (κ2) is 6.21. The molecule has 2 heterocycles. The predicted octanol–water partition coefficient (Wildman–Crippen LogP) is 2.56. The second-order valence-corrected chi connectivity index (χ2v) is 8.32. The molecule has 4 nitrogen and oxygen atoms in total. The zero-order valence-electron chi connectivity index (χ0n) is 11.6. The minimum absolute atomic E-state index is 0.0878. The van der Waals surface area contributed by atoms with Gasteiger partial charge in [-0.15, -0.1) is 11.3 Å². The van der Waals surface area contributed by atoms with E-state index in [2.05, 4.69) is 4.98 Å². The van der Waals surface area contributed by atoms with Crippen LogP contribution >= 0.6 is 11.3 Å². The van der Waals surface area contributed by atoms with Crippen molar-refractivity contribution in [3.8, 4) is 0 Å². The summed E-state index contributed by atoms with van der Waals surface area (Å²) in [6.07, 6.45) is -3.07. The first kappa shape index (κ1) is 16.7. The van der Waals surface area contributed by atoms with Crippen LogP contribution < -0.4 is 0 Å². The quantitative estimate of drug-likeness (QED) is 0.825. The Kier molecular flexibility index (Phi) is 4.94. The van der Waals surface area contributed by atoms with Crippen molar-refractivity contribution in [2.45, 2.75) is 38.5 Å². The van der Waals surface area contributed by atoms with E-state index in [9.17, 15) is 21.6 Å². The van der Waals surface area contributed by atoms with Gasteiger partial charge in [0, 0.05) is 11.4 Å². The largest absolute Gasteiger partial charge is 0.434 e. The van der Waals surface area contributed by atoms with E-state index < -0.39 is 21.7 Å². The number of rotatable bonds is 5. The minimum atomic E-state index is -4.43. The second-order valence-electron chi connectivity index (χ2n) is 5.15. The van der Waals surface area contributed by atoms with Gasteiger partial charge in [0.15, 0.2) is 15.5 Å². The molecule has 0 saturated carbocycles. The average Bonchev–Trinajstić information content (AvgIpc) is 2.94. The highest BCUT2D eigenvalue weighted by Crippen LogP contribution is 2.31. The molecule has 0 N–H and O–H groups in total. The van der Waals surface area contributed by atoms with Crippen LogP contribution in [0.3, 0.4) is 0 Å². The van der Waals surface area contributed by atoms with Gasteiger partial charge in [-0.25, -0.2) is 13.4 Å². The zero-order valence-corrected chi connectivity index (χ0v) is 13.2. The van der Waals surface area contributed by atoms with Crippen LogP contribution in [0.4, 0.5) is 13.2 Å². The fourth-order valence-electron chi connectivity index (χ4n) is 2.43. The summed E-state index contributed by atoms with van der Waals surface area (Å²) in [7, 11) is -3.01. The number of halogens is 3. The van der Waals surface area contributed by atoms with Gasteiger partial charge in [-0.1, -0.05) is 6.92 Å². The van der Waals surface area contributed by atoms with E-state index in [0.717, 1.165) is 23.1 Å². The average molecular weight is 342 g/mol. The van der Waals surface area contributed by atoms with Crippen LogP contribution in [0, 0.1) is 0 Å². The molecule has 0 bridgehead atoms. The molecule has 1 aliphatic heterocycles. The van der Waals surface area contributed by atoms with Gasteiger partial charge in [-0.3, -0.25) is 4.90 Å². The summed E-state index contributed by atoms with van der Waals surface area (Å²) in [5.74, 6) is 0.244. The molecule has 1 fully saturated rings. The lowest BCUT2D eigenvalue weighted by Gasteiger charge is -2.26. The van der Waals surface area contributed by atoms with Crippen molar-refractivity contribution in [3.63, 3.8) is 0 Å². The lowest BCUT2D eigenvalue weighted by Crippen LogP contribution is -2.36. The molecule has 1 aliphatic rings. The highest BCUT2D eigenvalue weighted by atomic mass is 32.2. The van der Waals surface area contributed by atoms with Crippen LogP contribution in [-0.4, -0.2) is 42.4 Å². The molecule has 1 unspecified atom stereocenters. The SMILES string of the molecule is CCCN(Cc1nc(C(F)(F)F)cs1)C1CCS(=O)(=O)C1. The lowest BCUT2D eigenvalue weighted by molar-refractivity contribution is -0.140. The number of hydrogen-bond acceptors (Lipinski definition) is 5. The summed E-state index contributed by atoms with van der Waals surface area (Å²) in [4.78, 5) is 5.55. The number of aromatic nitrogens is 1. The summed E-state index contributed by atoms with van der Waals surface area (Å²) in [5, 5.41) is 1.38. The van der Waals surface area contributed by atoms with Gasteiger partial charge >= 0.3 is 6.18 Å². The minimum Gasteiger partial charge on any atom is -0.293 e. The lowest BCUT2D eigenvalue weighted by atomic mass is 10.2. The van der Waals surface area contributed by atoms with Gasteiger partial charge in [-0.2, -0.15) is 13.2 Å². The Labute approximate surface area is 125 Å².